The molecular formula is C23H29F6N5O5. The molecule has 3 N–H and O–H groups in total. The van der Waals surface area contributed by atoms with E-state index in [2.05, 4.69) is 51.0 Å². The summed E-state index contributed by atoms with van der Waals surface area (Å²) in [5.74, 6) is -4.99. The molecule has 39 heavy (non-hydrogen) atoms. The Kier molecular flexibility index (Phi) is 12.9. The van der Waals surface area contributed by atoms with E-state index in [1.165, 1.54) is 5.69 Å². The molecule has 2 aromatic heterocycles. The van der Waals surface area contributed by atoms with E-state index in [1.807, 2.05) is 24.5 Å². The third-order valence-electron chi connectivity index (χ3n) is 4.94. The van der Waals surface area contributed by atoms with Crippen LogP contribution < -0.4 is 5.32 Å². The van der Waals surface area contributed by atoms with Gasteiger partial charge >= 0.3 is 24.3 Å². The number of rotatable bonds is 7. The van der Waals surface area contributed by atoms with E-state index in [1.54, 1.807) is 0 Å². The first kappa shape index (κ1) is 33.3. The second kappa shape index (κ2) is 15.0. The van der Waals surface area contributed by atoms with E-state index < -0.39 is 24.3 Å². The largest absolute Gasteiger partial charge is 0.490 e. The summed E-state index contributed by atoms with van der Waals surface area (Å²) < 4.78 is 65.6. The molecule has 10 nitrogen and oxygen atoms in total. The highest BCUT2D eigenvalue weighted by atomic mass is 19.4. The van der Waals surface area contributed by atoms with Crippen LogP contribution in [0, 0.1) is 5.92 Å². The molecule has 1 amide bonds. The molecule has 1 atom stereocenters. The van der Waals surface area contributed by atoms with Crippen molar-refractivity contribution in [2.45, 2.75) is 58.2 Å². The van der Waals surface area contributed by atoms with E-state index in [0.717, 1.165) is 31.7 Å². The minimum absolute atomic E-state index is 0.136. The van der Waals surface area contributed by atoms with Crippen molar-refractivity contribution in [3.63, 3.8) is 0 Å². The summed E-state index contributed by atoms with van der Waals surface area (Å²) in [6.45, 7) is 7.45. The first-order chi connectivity index (χ1) is 18.0. The van der Waals surface area contributed by atoms with Gasteiger partial charge in [-0.2, -0.15) is 31.4 Å². The van der Waals surface area contributed by atoms with E-state index >= 15 is 0 Å². The highest BCUT2D eigenvalue weighted by molar-refractivity contribution is 5.76. The molecule has 0 aliphatic carbocycles. The molecule has 1 aliphatic heterocycles. The number of carbonyl (C=O) groups is 3. The van der Waals surface area contributed by atoms with Crippen LogP contribution in [-0.4, -0.2) is 73.2 Å². The Hall–Kier alpha value is -3.69. The van der Waals surface area contributed by atoms with Crippen molar-refractivity contribution in [1.29, 1.82) is 0 Å². The summed E-state index contributed by atoms with van der Waals surface area (Å²) in [4.78, 5) is 36.5. The number of alkyl halides is 6. The van der Waals surface area contributed by atoms with E-state index in [-0.39, 0.29) is 11.9 Å². The molecule has 3 heterocycles. The lowest BCUT2D eigenvalue weighted by molar-refractivity contribution is -0.193. The van der Waals surface area contributed by atoms with Crippen molar-refractivity contribution in [2.75, 3.05) is 13.1 Å². The summed E-state index contributed by atoms with van der Waals surface area (Å²) >= 11 is 0. The molecule has 0 fully saturated rings. The van der Waals surface area contributed by atoms with E-state index in [0.29, 0.717) is 18.9 Å². The van der Waals surface area contributed by atoms with Gasteiger partial charge < -0.3 is 15.5 Å². The maximum atomic E-state index is 11.8. The van der Waals surface area contributed by atoms with Crippen LogP contribution in [0.3, 0.4) is 0 Å². The van der Waals surface area contributed by atoms with Gasteiger partial charge in [-0.3, -0.25) is 19.4 Å². The first-order valence-electron chi connectivity index (χ1n) is 11.5. The van der Waals surface area contributed by atoms with Gasteiger partial charge in [-0.25, -0.2) is 9.59 Å². The number of fused-ring (bicyclic) bond motifs is 1. The number of amides is 1. The number of carboxylic acid groups (broad SMARTS) is 2. The van der Waals surface area contributed by atoms with Crippen molar-refractivity contribution in [3.05, 3.63) is 48.0 Å². The van der Waals surface area contributed by atoms with Gasteiger partial charge in [0.1, 0.15) is 0 Å². The summed E-state index contributed by atoms with van der Waals surface area (Å²) in [7, 11) is 0. The van der Waals surface area contributed by atoms with Gasteiger partial charge in [0.25, 0.3) is 0 Å². The number of carboxylic acids is 2. The maximum absolute atomic E-state index is 11.8. The number of aliphatic carboxylic acids is 2. The number of aromatic nitrogens is 3. The Morgan fingerprint density at radius 1 is 1.03 bits per heavy atom. The summed E-state index contributed by atoms with van der Waals surface area (Å²) in [6, 6.07) is 8.39. The van der Waals surface area contributed by atoms with Gasteiger partial charge in [-0.15, -0.1) is 0 Å². The van der Waals surface area contributed by atoms with Crippen LogP contribution in [0.2, 0.25) is 0 Å². The second-order valence-corrected chi connectivity index (χ2v) is 8.75. The van der Waals surface area contributed by atoms with Crippen molar-refractivity contribution >= 4 is 17.8 Å². The monoisotopic (exact) mass is 569 g/mol. The lowest BCUT2D eigenvalue weighted by Crippen LogP contribution is -2.39. The molecule has 0 aromatic carbocycles. The standard InChI is InChI=1S/C19H27N5O.2C2HF3O2/c1-15(2)11-19(25)21-9-6-17-13-23(12-16-5-3-4-8-20-16)14-18-7-10-22-24(17)18;2*3-2(4,5)1(6)7/h3-5,7-8,10,15,17H,6,9,11-14H2,1-2H3,(H,21,25);2*(H,6,7). The molecule has 0 spiro atoms. The average Bonchev–Trinajstić information content (AvgIpc) is 3.28. The molecule has 0 bridgehead atoms. The second-order valence-electron chi connectivity index (χ2n) is 8.75. The summed E-state index contributed by atoms with van der Waals surface area (Å²) in [6.07, 6.45) is -4.99. The van der Waals surface area contributed by atoms with Crippen LogP contribution in [0.15, 0.2) is 36.7 Å². The van der Waals surface area contributed by atoms with Crippen molar-refractivity contribution in [2.24, 2.45) is 5.92 Å². The van der Waals surface area contributed by atoms with Crippen molar-refractivity contribution in [3.8, 4) is 0 Å². The molecular weight excluding hydrogens is 540 g/mol. The Bertz CT molecular complexity index is 1040. The van der Waals surface area contributed by atoms with Crippen LogP contribution in [0.25, 0.3) is 0 Å². The third-order valence-corrected chi connectivity index (χ3v) is 4.94. The number of pyridine rings is 1. The zero-order valence-corrected chi connectivity index (χ0v) is 21.0. The average molecular weight is 570 g/mol. The third kappa shape index (κ3) is 13.1. The Morgan fingerprint density at radius 3 is 2.10 bits per heavy atom. The number of hydrogen-bond acceptors (Lipinski definition) is 6. The van der Waals surface area contributed by atoms with Crippen LogP contribution in [0.5, 0.6) is 0 Å². The number of nitrogens with zero attached hydrogens (tertiary/aromatic N) is 4. The zero-order chi connectivity index (χ0) is 29.8. The molecule has 0 radical (unpaired) electrons. The van der Waals surface area contributed by atoms with Crippen LogP contribution in [0.4, 0.5) is 26.3 Å². The predicted octanol–water partition coefficient (Wildman–Crippen LogP) is 3.65. The van der Waals surface area contributed by atoms with Gasteiger partial charge in [-0.1, -0.05) is 19.9 Å². The van der Waals surface area contributed by atoms with Crippen molar-refractivity contribution < 1.29 is 50.9 Å². The maximum Gasteiger partial charge on any atom is 0.490 e. The van der Waals surface area contributed by atoms with Gasteiger partial charge in [-0.05, 0) is 30.5 Å². The highest BCUT2D eigenvalue weighted by Crippen LogP contribution is 2.23. The quantitative estimate of drug-likeness (QED) is 0.430. The lowest BCUT2D eigenvalue weighted by atomic mass is 10.1. The Morgan fingerprint density at radius 2 is 1.62 bits per heavy atom. The molecule has 0 saturated heterocycles. The number of hydrogen-bond donors (Lipinski definition) is 3. The minimum Gasteiger partial charge on any atom is -0.475 e. The normalized spacial score (nSPS) is 15.3. The molecule has 1 unspecified atom stereocenters. The fourth-order valence-electron chi connectivity index (χ4n) is 3.34. The summed E-state index contributed by atoms with van der Waals surface area (Å²) in [5.41, 5.74) is 2.31. The number of carbonyl (C=O) groups excluding carboxylic acids is 1. The van der Waals surface area contributed by atoms with Crippen LogP contribution in [0.1, 0.15) is 44.1 Å². The molecule has 0 saturated carbocycles. The molecule has 16 heteroatoms. The van der Waals surface area contributed by atoms with Gasteiger partial charge in [0.15, 0.2) is 0 Å². The molecule has 3 rings (SSSR count). The fourth-order valence-corrected chi connectivity index (χ4v) is 3.34. The smallest absolute Gasteiger partial charge is 0.475 e. The Labute approximate surface area is 219 Å². The van der Waals surface area contributed by atoms with Crippen molar-refractivity contribution in [1.82, 2.24) is 25.0 Å². The SMILES string of the molecule is CC(C)CC(=O)NCCC1CN(Cc2ccccn2)Cc2ccnn21.O=C(O)C(F)(F)F.O=C(O)C(F)(F)F. The van der Waals surface area contributed by atoms with Gasteiger partial charge in [0.05, 0.1) is 17.4 Å². The lowest BCUT2D eigenvalue weighted by Gasteiger charge is -2.33. The first-order valence-corrected chi connectivity index (χ1v) is 11.5. The van der Waals surface area contributed by atoms with Crippen LogP contribution in [-0.2, 0) is 27.5 Å². The molecule has 1 aliphatic rings. The topological polar surface area (TPSA) is 138 Å². The number of nitrogens with one attached hydrogen (secondary N) is 1. The Balaban J connectivity index is 0.000000449. The van der Waals surface area contributed by atoms with Gasteiger partial charge in [0.2, 0.25) is 5.91 Å². The van der Waals surface area contributed by atoms with E-state index in [4.69, 9.17) is 19.8 Å². The van der Waals surface area contributed by atoms with E-state index in [9.17, 15) is 31.1 Å². The van der Waals surface area contributed by atoms with Gasteiger partial charge in [0, 0.05) is 45.0 Å². The van der Waals surface area contributed by atoms with Crippen LogP contribution >= 0.6 is 0 Å². The summed E-state index contributed by atoms with van der Waals surface area (Å²) in [5, 5.41) is 21.8. The molecule has 2 aromatic rings. The zero-order valence-electron chi connectivity index (χ0n) is 21.0. The number of halogens is 6. The fraction of sp³-hybridized carbons (Fsp3) is 0.522. The predicted molar refractivity (Wildman–Crippen MR) is 124 cm³/mol. The molecule has 218 valence electrons. The highest BCUT2D eigenvalue weighted by Gasteiger charge is 2.38. The minimum atomic E-state index is -5.08.